The number of thiol groups is 1. The van der Waals surface area contributed by atoms with Crippen molar-refractivity contribution in [3.05, 3.63) is 0 Å². The van der Waals surface area contributed by atoms with Crippen molar-refractivity contribution < 1.29 is 14.4 Å². The lowest BCUT2D eigenvalue weighted by molar-refractivity contribution is -0.121. The molecule has 0 aliphatic rings. The molecular formula is C7H12N2O3S. The molecular weight excluding hydrogens is 192 g/mol. The lowest BCUT2D eigenvalue weighted by Gasteiger charge is -2.19. The molecule has 0 spiro atoms. The Labute approximate surface area is 81.7 Å². The van der Waals surface area contributed by atoms with E-state index in [-0.39, 0.29) is 12.3 Å². The predicted octanol–water partition coefficient (Wildman–Crippen LogP) is -1.27. The number of carbonyl (C=O) groups excluding carboxylic acids is 3. The minimum absolute atomic E-state index is 0.195. The normalized spacial score (nSPS) is 14.0. The highest BCUT2D eigenvalue weighted by atomic mass is 32.1. The fourth-order valence-corrected chi connectivity index (χ4v) is 1.26. The summed E-state index contributed by atoms with van der Waals surface area (Å²) in [5.41, 5.74) is 0. The van der Waals surface area contributed by atoms with Crippen LogP contribution >= 0.6 is 12.6 Å². The van der Waals surface area contributed by atoms with Gasteiger partial charge < -0.3 is 10.6 Å². The third kappa shape index (κ3) is 4.51. The Hall–Kier alpha value is -1.04. The summed E-state index contributed by atoms with van der Waals surface area (Å²) in [6.07, 6.45) is 0.956. The van der Waals surface area contributed by atoms with E-state index in [1.807, 2.05) is 0 Å². The molecule has 5 nitrogen and oxygen atoms in total. The summed E-state index contributed by atoms with van der Waals surface area (Å²) in [6.45, 7) is 1.59. The molecule has 0 heterocycles. The molecule has 0 rings (SSSR count). The molecule has 74 valence electrons. The van der Waals surface area contributed by atoms with Crippen LogP contribution in [-0.4, -0.2) is 36.4 Å². The number of rotatable bonds is 7. The van der Waals surface area contributed by atoms with Crippen LogP contribution in [0, 0.1) is 0 Å². The average molecular weight is 204 g/mol. The SMILES string of the molecule is CC(=O)C(NC=O)C(S)CNC=O. The van der Waals surface area contributed by atoms with E-state index in [0.29, 0.717) is 12.8 Å². The first-order chi connectivity index (χ1) is 6.13. The van der Waals surface area contributed by atoms with Crippen molar-refractivity contribution >= 4 is 31.2 Å². The topological polar surface area (TPSA) is 75.3 Å². The standard InChI is InChI=1S/C7H12N2O3S/c1-5(12)7(9-4-11)6(13)2-8-3-10/h3-4,6-7,13H,2H2,1H3,(H,8,10)(H,9,11). The molecule has 0 aromatic rings. The summed E-state index contributed by atoms with van der Waals surface area (Å²) >= 11 is 4.07. The maximum atomic E-state index is 11.0. The number of hydrogen-bond acceptors (Lipinski definition) is 4. The molecule has 0 aromatic heterocycles. The molecule has 0 aromatic carbocycles. The average Bonchev–Trinajstić information content (AvgIpc) is 2.09. The van der Waals surface area contributed by atoms with Crippen LogP contribution in [0.4, 0.5) is 0 Å². The first-order valence-corrected chi connectivity index (χ1v) is 4.20. The lowest BCUT2D eigenvalue weighted by Crippen LogP contribution is -2.46. The van der Waals surface area contributed by atoms with E-state index < -0.39 is 11.3 Å². The van der Waals surface area contributed by atoms with Gasteiger partial charge in [0.15, 0.2) is 5.78 Å². The number of ketones is 1. The number of amides is 2. The van der Waals surface area contributed by atoms with Crippen molar-refractivity contribution in [2.75, 3.05) is 6.54 Å². The van der Waals surface area contributed by atoms with Crippen LogP contribution < -0.4 is 10.6 Å². The van der Waals surface area contributed by atoms with Gasteiger partial charge in [-0.05, 0) is 6.92 Å². The van der Waals surface area contributed by atoms with Gasteiger partial charge in [-0.15, -0.1) is 0 Å². The van der Waals surface area contributed by atoms with Crippen molar-refractivity contribution in [1.82, 2.24) is 10.6 Å². The van der Waals surface area contributed by atoms with Crippen molar-refractivity contribution in [1.29, 1.82) is 0 Å². The summed E-state index contributed by atoms with van der Waals surface area (Å²) in [5, 5.41) is 4.30. The van der Waals surface area contributed by atoms with E-state index in [1.54, 1.807) is 0 Å². The van der Waals surface area contributed by atoms with Gasteiger partial charge in [-0.25, -0.2) is 0 Å². The molecule has 0 aliphatic heterocycles. The summed E-state index contributed by atoms with van der Waals surface area (Å²) in [6, 6.07) is -0.659. The molecule has 2 unspecified atom stereocenters. The molecule has 0 saturated carbocycles. The molecule has 0 bridgehead atoms. The second-order valence-electron chi connectivity index (χ2n) is 2.47. The number of Topliss-reactive ketones (excluding diaryl/α,β-unsaturated/α-hetero) is 1. The first kappa shape index (κ1) is 12.0. The van der Waals surface area contributed by atoms with Gasteiger partial charge >= 0.3 is 0 Å². The minimum Gasteiger partial charge on any atom is -0.357 e. The van der Waals surface area contributed by atoms with Gasteiger partial charge in [0, 0.05) is 11.8 Å². The number of carbonyl (C=O) groups is 3. The van der Waals surface area contributed by atoms with Crippen molar-refractivity contribution in [3.8, 4) is 0 Å². The molecule has 13 heavy (non-hydrogen) atoms. The Morgan fingerprint density at radius 3 is 2.46 bits per heavy atom. The maximum absolute atomic E-state index is 11.0. The summed E-state index contributed by atoms with van der Waals surface area (Å²) < 4.78 is 0. The van der Waals surface area contributed by atoms with Gasteiger partial charge in [-0.3, -0.25) is 14.4 Å². The maximum Gasteiger partial charge on any atom is 0.207 e. The minimum atomic E-state index is -0.659. The van der Waals surface area contributed by atoms with Crippen molar-refractivity contribution in [2.45, 2.75) is 18.2 Å². The molecule has 6 heteroatoms. The van der Waals surface area contributed by atoms with Crippen molar-refractivity contribution in [2.24, 2.45) is 0 Å². The van der Waals surface area contributed by atoms with Gasteiger partial charge in [0.1, 0.15) is 6.04 Å². The van der Waals surface area contributed by atoms with Gasteiger partial charge in [-0.1, -0.05) is 0 Å². The Balaban J connectivity index is 4.09. The van der Waals surface area contributed by atoms with Crippen LogP contribution in [0.2, 0.25) is 0 Å². The monoisotopic (exact) mass is 204 g/mol. The molecule has 2 atom stereocenters. The zero-order valence-electron chi connectivity index (χ0n) is 7.19. The molecule has 0 saturated heterocycles. The fourth-order valence-electron chi connectivity index (χ4n) is 0.859. The summed E-state index contributed by atoms with van der Waals surface area (Å²) in [7, 11) is 0. The number of hydrogen-bond donors (Lipinski definition) is 3. The van der Waals surface area contributed by atoms with E-state index in [1.165, 1.54) is 6.92 Å². The fraction of sp³-hybridized carbons (Fsp3) is 0.571. The van der Waals surface area contributed by atoms with Crippen molar-refractivity contribution in [3.63, 3.8) is 0 Å². The second kappa shape index (κ2) is 6.47. The Kier molecular flexibility index (Phi) is 5.96. The quantitative estimate of drug-likeness (QED) is 0.358. The van der Waals surface area contributed by atoms with E-state index in [4.69, 9.17) is 0 Å². The van der Waals surface area contributed by atoms with E-state index in [0.717, 1.165) is 0 Å². The zero-order valence-corrected chi connectivity index (χ0v) is 8.08. The van der Waals surface area contributed by atoms with E-state index >= 15 is 0 Å². The molecule has 0 radical (unpaired) electrons. The number of nitrogens with one attached hydrogen (secondary N) is 2. The highest BCUT2D eigenvalue weighted by Crippen LogP contribution is 2.01. The third-order valence-corrected chi connectivity index (χ3v) is 1.96. The van der Waals surface area contributed by atoms with Crippen LogP contribution in [0.25, 0.3) is 0 Å². The van der Waals surface area contributed by atoms with Gasteiger partial charge in [0.2, 0.25) is 12.8 Å². The zero-order chi connectivity index (χ0) is 10.3. The first-order valence-electron chi connectivity index (χ1n) is 3.68. The van der Waals surface area contributed by atoms with Crippen LogP contribution in [0.1, 0.15) is 6.92 Å². The summed E-state index contributed by atoms with van der Waals surface area (Å²) in [5.74, 6) is -0.195. The smallest absolute Gasteiger partial charge is 0.207 e. The Bertz CT molecular complexity index is 198. The van der Waals surface area contributed by atoms with Gasteiger partial charge in [-0.2, -0.15) is 12.6 Å². The Morgan fingerprint density at radius 2 is 2.08 bits per heavy atom. The van der Waals surface area contributed by atoms with Crippen LogP contribution in [0.15, 0.2) is 0 Å². The van der Waals surface area contributed by atoms with Crippen LogP contribution in [0.3, 0.4) is 0 Å². The van der Waals surface area contributed by atoms with E-state index in [9.17, 15) is 14.4 Å². The van der Waals surface area contributed by atoms with E-state index in [2.05, 4.69) is 23.3 Å². The Morgan fingerprint density at radius 1 is 1.46 bits per heavy atom. The second-order valence-corrected chi connectivity index (χ2v) is 3.13. The molecule has 2 amide bonds. The predicted molar refractivity (Wildman–Crippen MR) is 50.5 cm³/mol. The molecule has 0 aliphatic carbocycles. The van der Waals surface area contributed by atoms with Gasteiger partial charge in [0.25, 0.3) is 0 Å². The summed E-state index contributed by atoms with van der Waals surface area (Å²) in [4.78, 5) is 31.0. The van der Waals surface area contributed by atoms with Gasteiger partial charge in [0.05, 0.1) is 0 Å². The lowest BCUT2D eigenvalue weighted by atomic mass is 10.1. The van der Waals surface area contributed by atoms with Crippen LogP contribution in [-0.2, 0) is 14.4 Å². The highest BCUT2D eigenvalue weighted by molar-refractivity contribution is 7.81. The highest BCUT2D eigenvalue weighted by Gasteiger charge is 2.21. The molecule has 0 fully saturated rings. The third-order valence-electron chi connectivity index (χ3n) is 1.48. The molecule has 2 N–H and O–H groups in total. The van der Waals surface area contributed by atoms with Crippen LogP contribution in [0.5, 0.6) is 0 Å². The largest absolute Gasteiger partial charge is 0.357 e.